The highest BCUT2D eigenvalue weighted by Gasteiger charge is 2.31. The van der Waals surface area contributed by atoms with E-state index in [9.17, 15) is 8.78 Å². The monoisotopic (exact) mass is 275 g/mol. The van der Waals surface area contributed by atoms with Gasteiger partial charge in [-0.15, -0.1) is 11.6 Å². The van der Waals surface area contributed by atoms with Crippen LogP contribution in [0.25, 0.3) is 0 Å². The van der Waals surface area contributed by atoms with Crippen LogP contribution >= 0.6 is 11.6 Å². The largest absolute Gasteiger partial charge is 0.381 e. The Hall–Kier alpha value is -0.710. The third-order valence-corrected chi connectivity index (χ3v) is 3.88. The fourth-order valence-electron chi connectivity index (χ4n) is 2.08. The molecule has 0 aromatic heterocycles. The van der Waals surface area contributed by atoms with Gasteiger partial charge in [-0.1, -0.05) is 0 Å². The number of halogens is 3. The molecule has 18 heavy (non-hydrogen) atoms. The van der Waals surface area contributed by atoms with Gasteiger partial charge < -0.3 is 10.1 Å². The van der Waals surface area contributed by atoms with Crippen LogP contribution < -0.4 is 5.32 Å². The van der Waals surface area contributed by atoms with E-state index in [1.165, 1.54) is 6.07 Å². The highest BCUT2D eigenvalue weighted by Crippen LogP contribution is 2.23. The van der Waals surface area contributed by atoms with Crippen molar-refractivity contribution >= 4 is 11.6 Å². The fraction of sp³-hybridized carbons (Fsp3) is 0.538. The highest BCUT2D eigenvalue weighted by molar-refractivity contribution is 6.18. The molecule has 1 aromatic rings. The van der Waals surface area contributed by atoms with Crippen LogP contribution in [0, 0.1) is 11.6 Å². The molecule has 1 heterocycles. The second kappa shape index (κ2) is 5.95. The predicted octanol–water partition coefficient (Wildman–Crippen LogP) is 2.84. The first-order chi connectivity index (χ1) is 8.65. The van der Waals surface area contributed by atoms with Crippen molar-refractivity contribution in [2.45, 2.75) is 24.9 Å². The predicted molar refractivity (Wildman–Crippen MR) is 66.7 cm³/mol. The Morgan fingerprint density at radius 2 is 2.00 bits per heavy atom. The summed E-state index contributed by atoms with van der Waals surface area (Å²) in [6, 6.07) is 3.47. The molecule has 2 rings (SSSR count). The van der Waals surface area contributed by atoms with Gasteiger partial charge in [0.25, 0.3) is 0 Å². The Labute approximate surface area is 110 Å². The topological polar surface area (TPSA) is 21.3 Å². The molecule has 1 aliphatic heterocycles. The summed E-state index contributed by atoms with van der Waals surface area (Å²) in [4.78, 5) is 0. The van der Waals surface area contributed by atoms with E-state index in [1.54, 1.807) is 0 Å². The third kappa shape index (κ3) is 3.19. The summed E-state index contributed by atoms with van der Waals surface area (Å²) in [5, 5.41) is 3.25. The van der Waals surface area contributed by atoms with E-state index in [4.69, 9.17) is 16.3 Å². The molecule has 2 nitrogen and oxygen atoms in total. The van der Waals surface area contributed by atoms with Gasteiger partial charge in [0.2, 0.25) is 0 Å². The first-order valence-electron chi connectivity index (χ1n) is 5.98. The van der Waals surface area contributed by atoms with Crippen LogP contribution in [0.1, 0.15) is 18.4 Å². The Balaban J connectivity index is 2.03. The number of hydrogen-bond donors (Lipinski definition) is 1. The fourth-order valence-corrected chi connectivity index (χ4v) is 2.44. The highest BCUT2D eigenvalue weighted by atomic mass is 35.5. The van der Waals surface area contributed by atoms with Crippen molar-refractivity contribution < 1.29 is 13.5 Å². The summed E-state index contributed by atoms with van der Waals surface area (Å²) in [5.41, 5.74) is 0.0874. The van der Waals surface area contributed by atoms with Crippen molar-refractivity contribution in [2.24, 2.45) is 0 Å². The summed E-state index contributed by atoms with van der Waals surface area (Å²) in [7, 11) is 0. The van der Waals surface area contributed by atoms with Crippen LogP contribution in [0.5, 0.6) is 0 Å². The van der Waals surface area contributed by atoms with E-state index in [2.05, 4.69) is 5.32 Å². The van der Waals surface area contributed by atoms with Crippen molar-refractivity contribution in [3.63, 3.8) is 0 Å². The van der Waals surface area contributed by atoms with Gasteiger partial charge in [0.15, 0.2) is 0 Å². The first kappa shape index (κ1) is 13.7. The van der Waals surface area contributed by atoms with Crippen molar-refractivity contribution in [3.8, 4) is 0 Å². The maximum atomic E-state index is 13.5. The van der Waals surface area contributed by atoms with Gasteiger partial charge in [-0.25, -0.2) is 8.78 Å². The molecule has 0 amide bonds. The molecular weight excluding hydrogens is 260 g/mol. The zero-order valence-electron chi connectivity index (χ0n) is 10.0. The molecule has 1 fully saturated rings. The molecule has 0 unspecified atom stereocenters. The van der Waals surface area contributed by atoms with E-state index < -0.39 is 11.6 Å². The normalized spacial score (nSPS) is 18.8. The van der Waals surface area contributed by atoms with Crippen LogP contribution in [0.4, 0.5) is 8.78 Å². The molecule has 0 saturated carbocycles. The van der Waals surface area contributed by atoms with E-state index in [0.717, 1.165) is 25.0 Å². The van der Waals surface area contributed by atoms with E-state index in [-0.39, 0.29) is 12.1 Å². The molecule has 0 bridgehead atoms. The number of benzene rings is 1. The number of nitrogens with one attached hydrogen (secondary N) is 1. The molecule has 1 N–H and O–H groups in total. The van der Waals surface area contributed by atoms with Crippen LogP contribution in [0.15, 0.2) is 18.2 Å². The number of hydrogen-bond acceptors (Lipinski definition) is 2. The Bertz CT molecular complexity index is 408. The van der Waals surface area contributed by atoms with E-state index in [0.29, 0.717) is 24.7 Å². The number of alkyl halides is 1. The number of ether oxygens (including phenoxy) is 1. The SMILES string of the molecule is Fc1ccc(F)c(CNC2(CCl)CCOCC2)c1. The molecule has 0 spiro atoms. The van der Waals surface area contributed by atoms with Crippen molar-refractivity contribution in [1.29, 1.82) is 0 Å². The minimum Gasteiger partial charge on any atom is -0.381 e. The summed E-state index contributed by atoms with van der Waals surface area (Å²) in [6.07, 6.45) is 1.57. The van der Waals surface area contributed by atoms with E-state index >= 15 is 0 Å². The lowest BCUT2D eigenvalue weighted by atomic mass is 9.92. The molecular formula is C13H16ClF2NO. The van der Waals surface area contributed by atoms with Gasteiger partial charge in [0.1, 0.15) is 11.6 Å². The smallest absolute Gasteiger partial charge is 0.127 e. The van der Waals surface area contributed by atoms with Crippen LogP contribution in [-0.4, -0.2) is 24.6 Å². The minimum absolute atomic E-state index is 0.238. The van der Waals surface area contributed by atoms with E-state index in [1.807, 2.05) is 0 Å². The van der Waals surface area contributed by atoms with Gasteiger partial charge in [-0.05, 0) is 31.0 Å². The van der Waals surface area contributed by atoms with Crippen LogP contribution in [-0.2, 0) is 11.3 Å². The van der Waals surface area contributed by atoms with Crippen LogP contribution in [0.3, 0.4) is 0 Å². The number of rotatable bonds is 4. The average Bonchev–Trinajstić information content (AvgIpc) is 2.41. The van der Waals surface area contributed by atoms with Gasteiger partial charge >= 0.3 is 0 Å². The van der Waals surface area contributed by atoms with Crippen molar-refractivity contribution in [2.75, 3.05) is 19.1 Å². The summed E-state index contributed by atoms with van der Waals surface area (Å²) in [5.74, 6) is -0.395. The van der Waals surface area contributed by atoms with Gasteiger partial charge in [-0.2, -0.15) is 0 Å². The quantitative estimate of drug-likeness (QED) is 0.853. The second-order valence-corrected chi connectivity index (χ2v) is 4.88. The molecule has 1 saturated heterocycles. The summed E-state index contributed by atoms with van der Waals surface area (Å²) in [6.45, 7) is 1.56. The maximum absolute atomic E-state index is 13.5. The molecule has 0 aliphatic carbocycles. The first-order valence-corrected chi connectivity index (χ1v) is 6.51. The second-order valence-electron chi connectivity index (χ2n) is 4.62. The maximum Gasteiger partial charge on any atom is 0.127 e. The zero-order valence-corrected chi connectivity index (χ0v) is 10.8. The molecule has 1 aromatic carbocycles. The Morgan fingerprint density at radius 1 is 1.28 bits per heavy atom. The molecule has 5 heteroatoms. The van der Waals surface area contributed by atoms with Crippen molar-refractivity contribution in [3.05, 3.63) is 35.4 Å². The lowest BCUT2D eigenvalue weighted by molar-refractivity contribution is 0.0458. The lowest BCUT2D eigenvalue weighted by Crippen LogP contribution is -2.50. The minimum atomic E-state index is -0.430. The Morgan fingerprint density at radius 3 is 2.67 bits per heavy atom. The van der Waals surface area contributed by atoms with Gasteiger partial charge in [-0.3, -0.25) is 0 Å². The summed E-state index contributed by atoms with van der Waals surface area (Å²) >= 11 is 5.99. The Kier molecular flexibility index (Phi) is 4.54. The molecule has 100 valence electrons. The third-order valence-electron chi connectivity index (χ3n) is 3.37. The lowest BCUT2D eigenvalue weighted by Gasteiger charge is -2.36. The molecule has 1 aliphatic rings. The molecule has 0 atom stereocenters. The van der Waals surface area contributed by atoms with Crippen molar-refractivity contribution in [1.82, 2.24) is 5.32 Å². The average molecular weight is 276 g/mol. The van der Waals surface area contributed by atoms with Gasteiger partial charge in [0.05, 0.1) is 0 Å². The zero-order chi connectivity index (χ0) is 13.0. The van der Waals surface area contributed by atoms with Gasteiger partial charge in [0, 0.05) is 36.7 Å². The molecule has 0 radical (unpaired) electrons. The standard InChI is InChI=1S/C13H16ClF2NO/c14-9-13(3-5-18-6-4-13)17-8-10-7-11(15)1-2-12(10)16/h1-2,7,17H,3-6,8-9H2. The van der Waals surface area contributed by atoms with Crippen LogP contribution in [0.2, 0.25) is 0 Å². The summed E-state index contributed by atoms with van der Waals surface area (Å²) < 4.78 is 31.8.